The highest BCUT2D eigenvalue weighted by Gasteiger charge is 2.23. The maximum atomic E-state index is 12.8. The standard InChI is InChI=1S/C23H27N3O2S/c1-17-6-8-18(9-7-17)20(16-26-12-14-28-15-13-26)24-22(27)10-11-23-25-19-4-2-3-5-21(19)29-23/h2-9,20H,10-16H2,1H3,(H,24,27)/p+1/t20-/m0/s1. The van der Waals surface area contributed by atoms with Gasteiger partial charge in [0.2, 0.25) is 5.91 Å². The van der Waals surface area contributed by atoms with E-state index in [0.717, 1.165) is 43.4 Å². The maximum absolute atomic E-state index is 12.8. The first-order valence-electron chi connectivity index (χ1n) is 10.3. The Bertz CT molecular complexity index is 915. The van der Waals surface area contributed by atoms with E-state index in [1.165, 1.54) is 20.7 Å². The lowest BCUT2D eigenvalue weighted by Crippen LogP contribution is -3.14. The average Bonchev–Trinajstić information content (AvgIpc) is 3.16. The molecule has 1 amide bonds. The molecule has 5 nitrogen and oxygen atoms in total. The zero-order valence-corrected chi connectivity index (χ0v) is 17.6. The smallest absolute Gasteiger partial charge is 0.221 e. The fraction of sp³-hybridized carbons (Fsp3) is 0.391. The van der Waals surface area contributed by atoms with Crippen LogP contribution in [0.2, 0.25) is 0 Å². The van der Waals surface area contributed by atoms with Crippen LogP contribution in [0.15, 0.2) is 48.5 Å². The van der Waals surface area contributed by atoms with Crippen LogP contribution in [0.3, 0.4) is 0 Å². The van der Waals surface area contributed by atoms with E-state index in [4.69, 9.17) is 4.74 Å². The van der Waals surface area contributed by atoms with Crippen molar-refractivity contribution in [2.75, 3.05) is 32.8 Å². The number of nitrogens with one attached hydrogen (secondary N) is 2. The molecule has 29 heavy (non-hydrogen) atoms. The van der Waals surface area contributed by atoms with Crippen molar-refractivity contribution in [2.24, 2.45) is 0 Å². The first-order valence-corrected chi connectivity index (χ1v) is 11.1. The molecule has 0 unspecified atom stereocenters. The molecule has 3 aromatic rings. The quantitative estimate of drug-likeness (QED) is 0.629. The molecule has 1 aliphatic rings. The number of benzene rings is 2. The predicted octanol–water partition coefficient (Wildman–Crippen LogP) is 2.31. The highest BCUT2D eigenvalue weighted by molar-refractivity contribution is 7.18. The lowest BCUT2D eigenvalue weighted by Gasteiger charge is -2.28. The van der Waals surface area contributed by atoms with Gasteiger partial charge in [0.25, 0.3) is 0 Å². The number of amides is 1. The van der Waals surface area contributed by atoms with Gasteiger partial charge in [-0.2, -0.15) is 0 Å². The van der Waals surface area contributed by atoms with E-state index in [0.29, 0.717) is 12.8 Å². The number of fused-ring (bicyclic) bond motifs is 1. The van der Waals surface area contributed by atoms with E-state index in [1.807, 2.05) is 18.2 Å². The van der Waals surface area contributed by atoms with Gasteiger partial charge in [-0.15, -0.1) is 11.3 Å². The third kappa shape index (κ3) is 5.41. The van der Waals surface area contributed by atoms with Crippen LogP contribution in [-0.4, -0.2) is 43.7 Å². The fourth-order valence-electron chi connectivity index (χ4n) is 3.72. The lowest BCUT2D eigenvalue weighted by atomic mass is 10.0. The van der Waals surface area contributed by atoms with Crippen molar-refractivity contribution in [2.45, 2.75) is 25.8 Å². The Morgan fingerprint density at radius 2 is 1.93 bits per heavy atom. The summed E-state index contributed by atoms with van der Waals surface area (Å²) >= 11 is 1.68. The van der Waals surface area contributed by atoms with Crippen LogP contribution in [0.25, 0.3) is 10.2 Å². The zero-order chi connectivity index (χ0) is 20.1. The number of nitrogens with zero attached hydrogens (tertiary/aromatic N) is 1. The van der Waals surface area contributed by atoms with Gasteiger partial charge in [-0.25, -0.2) is 4.98 Å². The topological polar surface area (TPSA) is 55.7 Å². The number of aryl methyl sites for hydroxylation is 2. The van der Waals surface area contributed by atoms with Crippen LogP contribution in [0.1, 0.15) is 28.6 Å². The van der Waals surface area contributed by atoms with Crippen LogP contribution in [0, 0.1) is 6.92 Å². The summed E-state index contributed by atoms with van der Waals surface area (Å²) in [5.74, 6) is 0.0856. The second-order valence-corrected chi connectivity index (χ2v) is 8.79. The van der Waals surface area contributed by atoms with Crippen LogP contribution in [-0.2, 0) is 16.0 Å². The minimum Gasteiger partial charge on any atom is -0.370 e. The van der Waals surface area contributed by atoms with Gasteiger partial charge < -0.3 is 15.0 Å². The average molecular weight is 411 g/mol. The molecule has 1 atom stereocenters. The van der Waals surface area contributed by atoms with Crippen LogP contribution < -0.4 is 10.2 Å². The molecule has 152 valence electrons. The van der Waals surface area contributed by atoms with Gasteiger partial charge in [-0.05, 0) is 24.6 Å². The molecular formula is C23H28N3O2S+. The molecule has 1 aromatic heterocycles. The van der Waals surface area contributed by atoms with E-state index in [2.05, 4.69) is 47.6 Å². The summed E-state index contributed by atoms with van der Waals surface area (Å²) in [5, 5.41) is 4.30. The van der Waals surface area contributed by atoms with Gasteiger partial charge in [0.1, 0.15) is 25.7 Å². The monoisotopic (exact) mass is 410 g/mol. The fourth-order valence-corrected chi connectivity index (χ4v) is 4.68. The summed E-state index contributed by atoms with van der Waals surface area (Å²) in [5.41, 5.74) is 3.41. The number of quaternary nitrogens is 1. The van der Waals surface area contributed by atoms with Gasteiger partial charge in [0, 0.05) is 12.8 Å². The third-order valence-electron chi connectivity index (χ3n) is 5.41. The van der Waals surface area contributed by atoms with Gasteiger partial charge >= 0.3 is 0 Å². The molecule has 0 saturated carbocycles. The Morgan fingerprint density at radius 3 is 2.69 bits per heavy atom. The number of ether oxygens (including phenoxy) is 1. The summed E-state index contributed by atoms with van der Waals surface area (Å²) in [6.45, 7) is 6.54. The Hall–Kier alpha value is -2.28. The Balaban J connectivity index is 1.39. The largest absolute Gasteiger partial charge is 0.370 e. The van der Waals surface area contributed by atoms with E-state index in [1.54, 1.807) is 11.3 Å². The Kier molecular flexibility index (Phi) is 6.54. The predicted molar refractivity (Wildman–Crippen MR) is 116 cm³/mol. The minimum atomic E-state index is 0.0200. The number of rotatable bonds is 7. The van der Waals surface area contributed by atoms with Gasteiger partial charge in [-0.1, -0.05) is 42.0 Å². The van der Waals surface area contributed by atoms with Crippen LogP contribution >= 0.6 is 11.3 Å². The first-order chi connectivity index (χ1) is 14.2. The number of hydrogen-bond acceptors (Lipinski definition) is 4. The Morgan fingerprint density at radius 1 is 1.17 bits per heavy atom. The molecule has 2 heterocycles. The van der Waals surface area contributed by atoms with Gasteiger partial charge in [0.15, 0.2) is 0 Å². The maximum Gasteiger partial charge on any atom is 0.221 e. The molecule has 0 radical (unpaired) electrons. The first kappa shape index (κ1) is 20.0. The second-order valence-electron chi connectivity index (χ2n) is 7.67. The minimum absolute atomic E-state index is 0.0200. The van der Waals surface area contributed by atoms with Crippen molar-refractivity contribution in [1.82, 2.24) is 10.3 Å². The highest BCUT2D eigenvalue weighted by atomic mass is 32.1. The van der Waals surface area contributed by atoms with Crippen LogP contribution in [0.5, 0.6) is 0 Å². The summed E-state index contributed by atoms with van der Waals surface area (Å²) in [7, 11) is 0. The molecule has 2 N–H and O–H groups in total. The summed E-state index contributed by atoms with van der Waals surface area (Å²) in [4.78, 5) is 18.9. The summed E-state index contributed by atoms with van der Waals surface area (Å²) in [6.07, 6.45) is 1.14. The number of carbonyl (C=O) groups excluding carboxylic acids is 1. The third-order valence-corrected chi connectivity index (χ3v) is 6.51. The molecule has 1 fully saturated rings. The van der Waals surface area contributed by atoms with Crippen molar-refractivity contribution >= 4 is 27.5 Å². The van der Waals surface area contributed by atoms with E-state index in [9.17, 15) is 4.79 Å². The number of para-hydroxylation sites is 1. The van der Waals surface area contributed by atoms with Crippen LogP contribution in [0.4, 0.5) is 0 Å². The molecule has 0 spiro atoms. The van der Waals surface area contributed by atoms with Crippen molar-refractivity contribution in [3.8, 4) is 0 Å². The molecule has 2 aromatic carbocycles. The molecule has 1 saturated heterocycles. The van der Waals surface area contributed by atoms with Crippen molar-refractivity contribution in [1.29, 1.82) is 0 Å². The summed E-state index contributed by atoms with van der Waals surface area (Å²) in [6, 6.07) is 16.6. The molecule has 0 aliphatic carbocycles. The van der Waals surface area contributed by atoms with Crippen molar-refractivity contribution < 1.29 is 14.4 Å². The number of morpholine rings is 1. The highest BCUT2D eigenvalue weighted by Crippen LogP contribution is 2.22. The van der Waals surface area contributed by atoms with Crippen molar-refractivity contribution in [3.05, 3.63) is 64.7 Å². The van der Waals surface area contributed by atoms with E-state index >= 15 is 0 Å². The molecule has 6 heteroatoms. The summed E-state index contributed by atoms with van der Waals surface area (Å²) < 4.78 is 6.66. The normalized spacial score (nSPS) is 16.0. The molecule has 1 aliphatic heterocycles. The molecule has 0 bridgehead atoms. The SMILES string of the molecule is Cc1ccc([C@H](C[NH+]2CCOCC2)NC(=O)CCc2nc3ccccc3s2)cc1. The number of hydrogen-bond donors (Lipinski definition) is 2. The number of carbonyl (C=O) groups is 1. The van der Waals surface area contributed by atoms with Gasteiger partial charge in [0.05, 0.1) is 28.4 Å². The number of aromatic nitrogens is 1. The zero-order valence-electron chi connectivity index (χ0n) is 16.8. The van der Waals surface area contributed by atoms with Crippen molar-refractivity contribution in [3.63, 3.8) is 0 Å². The molecule has 4 rings (SSSR count). The van der Waals surface area contributed by atoms with E-state index in [-0.39, 0.29) is 11.9 Å². The van der Waals surface area contributed by atoms with Gasteiger partial charge in [-0.3, -0.25) is 4.79 Å². The van der Waals surface area contributed by atoms with E-state index < -0.39 is 0 Å². The molecular weight excluding hydrogens is 382 g/mol. The lowest BCUT2D eigenvalue weighted by molar-refractivity contribution is -0.909. The number of thiazole rings is 1. The second kappa shape index (κ2) is 9.48. The Labute approximate surface area is 175 Å².